The fraction of sp³-hybridized carbons (Fsp3) is 0.406. The summed E-state index contributed by atoms with van der Waals surface area (Å²) in [5.41, 5.74) is 3.80. The van der Waals surface area contributed by atoms with Crippen LogP contribution in [0, 0.1) is 0 Å². The van der Waals surface area contributed by atoms with Gasteiger partial charge in [0.1, 0.15) is 18.2 Å². The molecule has 0 bridgehead atoms. The summed E-state index contributed by atoms with van der Waals surface area (Å²) in [7, 11) is 4.62. The van der Waals surface area contributed by atoms with Crippen molar-refractivity contribution in [3.05, 3.63) is 97.7 Å². The molecule has 1 fully saturated rings. The maximum absolute atomic E-state index is 12.6. The van der Waals surface area contributed by atoms with Crippen molar-refractivity contribution in [3.63, 3.8) is 0 Å². The fourth-order valence-electron chi connectivity index (χ4n) is 5.67. The van der Waals surface area contributed by atoms with Crippen LogP contribution in [0.2, 0.25) is 0 Å². The normalized spacial score (nSPS) is 16.5. The van der Waals surface area contributed by atoms with E-state index in [9.17, 15) is 14.4 Å². The zero-order valence-corrected chi connectivity index (χ0v) is 24.5. The van der Waals surface area contributed by atoms with Gasteiger partial charge < -0.3 is 14.4 Å². The third kappa shape index (κ3) is 5.46. The molecule has 1 saturated heterocycles. The highest BCUT2D eigenvalue weighted by molar-refractivity contribution is 5.87. The molecule has 0 saturated carbocycles. The molecular formula is C32H38N4O5. The number of nitrogens with zero attached hydrogens (tertiary/aromatic N) is 4. The number of carbonyl (C=O) groups excluding carboxylic acids is 1. The number of piperazine rings is 1. The lowest BCUT2D eigenvalue weighted by atomic mass is 9.82. The zero-order valence-electron chi connectivity index (χ0n) is 24.5. The number of aromatic nitrogens is 2. The second-order valence-corrected chi connectivity index (χ2v) is 11.2. The van der Waals surface area contributed by atoms with Crippen LogP contribution in [-0.2, 0) is 35.6 Å². The maximum atomic E-state index is 12.6. The van der Waals surface area contributed by atoms with Crippen molar-refractivity contribution in [2.45, 2.75) is 32.3 Å². The largest absolute Gasteiger partial charge is 0.488 e. The number of hydrogen-bond acceptors (Lipinski definition) is 7. The molecule has 3 aromatic rings. The molecule has 2 aromatic carbocycles. The van der Waals surface area contributed by atoms with Crippen molar-refractivity contribution in [2.24, 2.45) is 14.1 Å². The Balaban J connectivity index is 1.36. The van der Waals surface area contributed by atoms with Crippen LogP contribution >= 0.6 is 0 Å². The summed E-state index contributed by atoms with van der Waals surface area (Å²) in [5, 5.41) is 0. The van der Waals surface area contributed by atoms with Crippen LogP contribution in [0.25, 0.3) is 5.57 Å². The van der Waals surface area contributed by atoms with Crippen LogP contribution in [0.1, 0.15) is 42.5 Å². The minimum absolute atomic E-state index is 0.284. The molecule has 9 nitrogen and oxygen atoms in total. The van der Waals surface area contributed by atoms with Crippen LogP contribution < -0.4 is 20.9 Å². The van der Waals surface area contributed by atoms with E-state index in [1.807, 2.05) is 38.1 Å². The summed E-state index contributed by atoms with van der Waals surface area (Å²) in [6.07, 6.45) is 3.11. The molecular weight excluding hydrogens is 520 g/mol. The first kappa shape index (κ1) is 28.4. The lowest BCUT2D eigenvalue weighted by Gasteiger charge is -2.36. The van der Waals surface area contributed by atoms with Gasteiger partial charge in [-0.25, -0.2) is 4.79 Å². The molecule has 3 heterocycles. The predicted octanol–water partition coefficient (Wildman–Crippen LogP) is 3.07. The lowest BCUT2D eigenvalue weighted by Crippen LogP contribution is -2.49. The molecule has 9 heteroatoms. The third-order valence-electron chi connectivity index (χ3n) is 8.37. The van der Waals surface area contributed by atoms with Gasteiger partial charge in [0.05, 0.1) is 12.5 Å². The van der Waals surface area contributed by atoms with Crippen molar-refractivity contribution in [2.75, 3.05) is 44.7 Å². The van der Waals surface area contributed by atoms with E-state index < -0.39 is 5.41 Å². The first-order chi connectivity index (χ1) is 19.6. The summed E-state index contributed by atoms with van der Waals surface area (Å²) in [6, 6.07) is 15.8. The average molecular weight is 559 g/mol. The van der Waals surface area contributed by atoms with Crippen LogP contribution in [-0.4, -0.2) is 59.8 Å². The van der Waals surface area contributed by atoms with E-state index >= 15 is 0 Å². The number of carbonyl (C=O) groups is 1. The monoisotopic (exact) mass is 558 g/mol. The molecule has 2 aliphatic heterocycles. The van der Waals surface area contributed by atoms with Gasteiger partial charge in [-0.3, -0.25) is 23.6 Å². The Morgan fingerprint density at radius 3 is 2.44 bits per heavy atom. The smallest absolute Gasteiger partial charge is 0.332 e. The Kier molecular flexibility index (Phi) is 7.91. The van der Waals surface area contributed by atoms with E-state index in [0.717, 1.165) is 77.3 Å². The molecule has 0 unspecified atom stereocenters. The topological polar surface area (TPSA) is 86.0 Å². The van der Waals surface area contributed by atoms with E-state index in [1.165, 1.54) is 14.2 Å². The molecule has 1 aromatic heterocycles. The number of ether oxygens (including phenoxy) is 2. The van der Waals surface area contributed by atoms with Gasteiger partial charge in [-0.15, -0.1) is 0 Å². The summed E-state index contributed by atoms with van der Waals surface area (Å²) >= 11 is 0. The molecule has 0 aliphatic carbocycles. The maximum Gasteiger partial charge on any atom is 0.332 e. The molecule has 0 spiro atoms. The zero-order chi connectivity index (χ0) is 29.3. The minimum Gasteiger partial charge on any atom is -0.488 e. The number of methoxy groups -OCH3 is 1. The van der Waals surface area contributed by atoms with E-state index in [2.05, 4.69) is 34.1 Å². The van der Waals surface area contributed by atoms with E-state index in [-0.39, 0.29) is 17.2 Å². The van der Waals surface area contributed by atoms with Gasteiger partial charge in [-0.1, -0.05) is 36.4 Å². The van der Waals surface area contributed by atoms with E-state index in [0.29, 0.717) is 12.4 Å². The van der Waals surface area contributed by atoms with Gasteiger partial charge in [-0.2, -0.15) is 0 Å². The molecule has 0 amide bonds. The number of fused-ring (bicyclic) bond motifs is 2. The van der Waals surface area contributed by atoms with Crippen molar-refractivity contribution in [3.8, 4) is 5.75 Å². The summed E-state index contributed by atoms with van der Waals surface area (Å²) < 4.78 is 14.0. The fourth-order valence-corrected chi connectivity index (χ4v) is 5.67. The molecule has 2 aliphatic rings. The van der Waals surface area contributed by atoms with Gasteiger partial charge >= 0.3 is 11.7 Å². The van der Waals surface area contributed by atoms with Crippen molar-refractivity contribution < 1.29 is 14.3 Å². The second-order valence-electron chi connectivity index (χ2n) is 11.2. The van der Waals surface area contributed by atoms with Crippen LogP contribution in [0.5, 0.6) is 5.75 Å². The molecule has 5 rings (SSSR count). The first-order valence-corrected chi connectivity index (χ1v) is 14.0. The quantitative estimate of drug-likeness (QED) is 0.430. The van der Waals surface area contributed by atoms with Gasteiger partial charge in [0.2, 0.25) is 0 Å². The van der Waals surface area contributed by atoms with Crippen molar-refractivity contribution in [1.82, 2.24) is 14.0 Å². The Hall–Kier alpha value is -4.11. The molecule has 216 valence electrons. The minimum atomic E-state index is -0.799. The second kappa shape index (κ2) is 11.4. The SMILES string of the molecule is COC(=O)C(C)(C)c1ccc2c(c1)C(=CCCN1CCN(c3cc(=O)n(C)c(=O)n3C)CC1)c1ccccc1CO2. The third-order valence-corrected chi connectivity index (χ3v) is 8.37. The van der Waals surface area contributed by atoms with Gasteiger partial charge in [0.15, 0.2) is 0 Å². The number of esters is 1. The molecule has 41 heavy (non-hydrogen) atoms. The number of hydrogen-bond donors (Lipinski definition) is 0. The Morgan fingerprint density at radius 2 is 1.71 bits per heavy atom. The van der Waals surface area contributed by atoms with E-state index in [1.54, 1.807) is 17.7 Å². The Morgan fingerprint density at radius 1 is 0.976 bits per heavy atom. The van der Waals surface area contributed by atoms with Gasteiger partial charge in [-0.05, 0) is 54.7 Å². The van der Waals surface area contributed by atoms with Crippen LogP contribution in [0.3, 0.4) is 0 Å². The molecule has 0 N–H and O–H groups in total. The van der Waals surface area contributed by atoms with Crippen molar-refractivity contribution >= 4 is 17.4 Å². The van der Waals surface area contributed by atoms with Gasteiger partial charge in [0.25, 0.3) is 5.56 Å². The lowest BCUT2D eigenvalue weighted by molar-refractivity contribution is -0.146. The summed E-state index contributed by atoms with van der Waals surface area (Å²) in [5.74, 6) is 1.18. The number of anilines is 1. The molecule has 0 radical (unpaired) electrons. The van der Waals surface area contributed by atoms with Gasteiger partial charge in [0, 0.05) is 58.4 Å². The number of rotatable bonds is 6. The summed E-state index contributed by atoms with van der Waals surface area (Å²) in [4.78, 5) is 41.7. The summed E-state index contributed by atoms with van der Waals surface area (Å²) in [6.45, 7) is 8.25. The average Bonchev–Trinajstić information content (AvgIpc) is 3.14. The predicted molar refractivity (Wildman–Crippen MR) is 160 cm³/mol. The highest BCUT2D eigenvalue weighted by atomic mass is 16.5. The highest BCUT2D eigenvalue weighted by Crippen LogP contribution is 2.39. The Labute approximate surface area is 240 Å². The first-order valence-electron chi connectivity index (χ1n) is 14.0. The van der Waals surface area contributed by atoms with Crippen molar-refractivity contribution in [1.29, 1.82) is 0 Å². The van der Waals surface area contributed by atoms with Crippen LogP contribution in [0.15, 0.2) is 64.2 Å². The van der Waals surface area contributed by atoms with E-state index in [4.69, 9.17) is 9.47 Å². The standard InChI is InChI=1S/C32H38N4O5/c1-32(2,30(38)40-5)23-12-13-27-26(19-23)25(24-10-7-6-9-22(24)21-41-27)11-8-14-35-15-17-36(18-16-35)28-20-29(37)34(4)31(39)33(28)3/h6-7,9-13,19-20H,8,14-18,21H2,1-5H3. The molecule has 0 atom stereocenters. The Bertz CT molecular complexity index is 1610. The highest BCUT2D eigenvalue weighted by Gasteiger charge is 2.32. The number of benzene rings is 2. The van der Waals surface area contributed by atoms with Crippen LogP contribution in [0.4, 0.5) is 5.82 Å².